The Labute approximate surface area is 135 Å². The number of hydrogen-bond donors (Lipinski definition) is 4. The molecule has 2 aromatic rings. The number of nitrogens with zero attached hydrogens (tertiary/aromatic N) is 1. The molecule has 0 fully saturated rings. The fourth-order valence-electron chi connectivity index (χ4n) is 2.60. The number of aromatic nitrogens is 2. The molecule has 0 saturated carbocycles. The molecular weight excluding hydrogens is 316 g/mol. The van der Waals surface area contributed by atoms with Crippen LogP contribution in [0.15, 0.2) is 34.3 Å². The third-order valence-electron chi connectivity index (χ3n) is 3.80. The fraction of sp³-hybridized carbons (Fsp3) is 0.267. The first-order valence-corrected chi connectivity index (χ1v) is 7.24. The largest absolute Gasteiger partial charge is 0.466 e. The zero-order valence-electron chi connectivity index (χ0n) is 12.9. The van der Waals surface area contributed by atoms with Crippen molar-refractivity contribution in [2.45, 2.75) is 0 Å². The molecule has 1 aromatic heterocycles. The van der Waals surface area contributed by atoms with Gasteiger partial charge in [-0.15, -0.1) is 0 Å². The number of carbonyl (C=O) groups excluding carboxylic acids is 2. The Balaban J connectivity index is 1.96. The second-order valence-corrected chi connectivity index (χ2v) is 5.26. The minimum atomic E-state index is -0.619. The number of β-amino-alcohol motifs (C(OH)–C–C–N with tert-alkyl or cyclic N) is 1. The van der Waals surface area contributed by atoms with Crippen LogP contribution in [0.4, 0.5) is 5.69 Å². The van der Waals surface area contributed by atoms with Crippen LogP contribution in [-0.2, 0) is 14.3 Å². The van der Waals surface area contributed by atoms with Crippen LogP contribution in [-0.4, -0.2) is 58.9 Å². The number of aromatic amines is 2. The maximum atomic E-state index is 12.4. The summed E-state index contributed by atoms with van der Waals surface area (Å²) in [6.45, 7) is -0.0411. The highest BCUT2D eigenvalue weighted by atomic mass is 16.5. The van der Waals surface area contributed by atoms with Gasteiger partial charge in [0.25, 0.3) is 11.5 Å². The summed E-state index contributed by atoms with van der Waals surface area (Å²) in [5.74, 6) is -1.03. The number of hydrogen-bond acceptors (Lipinski definition) is 6. The number of nitrogens with one attached hydrogen (secondary N) is 3. The van der Waals surface area contributed by atoms with E-state index in [9.17, 15) is 14.4 Å². The monoisotopic (exact) mass is 332 g/mol. The van der Waals surface area contributed by atoms with Gasteiger partial charge in [-0.3, -0.25) is 19.8 Å². The average Bonchev–Trinajstić information content (AvgIpc) is 3.10. The second kappa shape index (κ2) is 6.20. The van der Waals surface area contributed by atoms with Crippen LogP contribution in [0.3, 0.4) is 0 Å². The van der Waals surface area contributed by atoms with Gasteiger partial charge >= 0.3 is 5.97 Å². The molecule has 1 aromatic carbocycles. The Kier molecular flexibility index (Phi) is 4.09. The van der Waals surface area contributed by atoms with Crippen LogP contribution in [0.2, 0.25) is 0 Å². The number of anilines is 1. The number of aliphatic hydroxyl groups is 1. The van der Waals surface area contributed by atoms with Crippen molar-refractivity contribution in [2.24, 2.45) is 0 Å². The van der Waals surface area contributed by atoms with Crippen molar-refractivity contribution < 1.29 is 19.4 Å². The molecule has 4 N–H and O–H groups in total. The van der Waals surface area contributed by atoms with Gasteiger partial charge in [0, 0.05) is 12.2 Å². The van der Waals surface area contributed by atoms with Crippen molar-refractivity contribution in [1.29, 1.82) is 0 Å². The number of rotatable bonds is 5. The Bertz CT molecular complexity index is 895. The molecule has 0 bridgehead atoms. The number of ether oxygens (including phenoxy) is 1. The number of fused-ring (bicyclic) bond motifs is 1. The van der Waals surface area contributed by atoms with Gasteiger partial charge < -0.3 is 20.1 Å². The number of aliphatic hydroxyl groups excluding tert-OH is 1. The lowest BCUT2D eigenvalue weighted by Crippen LogP contribution is -2.31. The van der Waals surface area contributed by atoms with E-state index in [1.807, 2.05) is 0 Å². The number of H-pyrrole nitrogens is 2. The number of carbonyl (C=O) groups is 2. The Morgan fingerprint density at radius 3 is 2.88 bits per heavy atom. The molecule has 0 aliphatic carbocycles. The molecule has 0 spiro atoms. The summed E-state index contributed by atoms with van der Waals surface area (Å²) >= 11 is 0. The van der Waals surface area contributed by atoms with E-state index in [0.717, 1.165) is 0 Å². The topological polar surface area (TPSA) is 128 Å². The minimum absolute atomic E-state index is 0.0569. The zero-order chi connectivity index (χ0) is 17.3. The first-order valence-electron chi connectivity index (χ1n) is 7.24. The van der Waals surface area contributed by atoms with Crippen molar-refractivity contribution >= 4 is 28.5 Å². The van der Waals surface area contributed by atoms with Gasteiger partial charge in [-0.1, -0.05) is 0 Å². The quantitative estimate of drug-likeness (QED) is 0.548. The van der Waals surface area contributed by atoms with E-state index < -0.39 is 11.9 Å². The van der Waals surface area contributed by atoms with Crippen LogP contribution in [0.1, 0.15) is 0 Å². The molecule has 9 heteroatoms. The van der Waals surface area contributed by atoms with Gasteiger partial charge in [-0.2, -0.15) is 0 Å². The van der Waals surface area contributed by atoms with Gasteiger partial charge in [0.1, 0.15) is 5.70 Å². The molecule has 126 valence electrons. The van der Waals surface area contributed by atoms with Crippen molar-refractivity contribution in [3.05, 3.63) is 39.8 Å². The lowest BCUT2D eigenvalue weighted by atomic mass is 10.2. The van der Waals surface area contributed by atoms with Crippen LogP contribution < -0.4 is 10.9 Å². The molecule has 9 nitrogen and oxygen atoms in total. The molecule has 0 unspecified atom stereocenters. The Morgan fingerprint density at radius 2 is 2.17 bits per heavy atom. The van der Waals surface area contributed by atoms with E-state index in [-0.39, 0.29) is 36.5 Å². The summed E-state index contributed by atoms with van der Waals surface area (Å²) in [6.07, 6.45) is 0. The van der Waals surface area contributed by atoms with Crippen LogP contribution >= 0.6 is 0 Å². The molecule has 1 aliphatic heterocycles. The minimum Gasteiger partial charge on any atom is -0.466 e. The number of benzene rings is 1. The summed E-state index contributed by atoms with van der Waals surface area (Å²) in [6, 6.07) is 4.93. The van der Waals surface area contributed by atoms with E-state index in [2.05, 4.69) is 15.5 Å². The molecule has 0 radical (unpaired) electrons. The molecule has 0 atom stereocenters. The van der Waals surface area contributed by atoms with Crippen molar-refractivity contribution in [2.75, 3.05) is 32.1 Å². The van der Waals surface area contributed by atoms with Crippen molar-refractivity contribution in [3.8, 4) is 0 Å². The standard InChI is InChI=1S/C15H16N4O5/c1-24-15(23)10-7-19(4-5-20)14(22)12(10)16-8-2-3-11-9(6-8)13(21)18-17-11/h2-3,6,16,20H,4-5,7H2,1H3,(H2,17,18,21). The molecule has 0 saturated heterocycles. The van der Waals surface area contributed by atoms with Gasteiger partial charge in [-0.25, -0.2) is 4.79 Å². The van der Waals surface area contributed by atoms with Gasteiger partial charge in [0.2, 0.25) is 0 Å². The molecule has 2 heterocycles. The first-order chi connectivity index (χ1) is 11.5. The van der Waals surface area contributed by atoms with E-state index >= 15 is 0 Å². The first kappa shape index (κ1) is 15.8. The normalized spacial score (nSPS) is 14.6. The summed E-state index contributed by atoms with van der Waals surface area (Å²) in [4.78, 5) is 37.4. The molecule has 24 heavy (non-hydrogen) atoms. The molecular formula is C15H16N4O5. The van der Waals surface area contributed by atoms with Crippen LogP contribution in [0.5, 0.6) is 0 Å². The predicted molar refractivity (Wildman–Crippen MR) is 85.2 cm³/mol. The number of amides is 1. The van der Waals surface area contributed by atoms with E-state index in [1.165, 1.54) is 12.0 Å². The number of methoxy groups -OCH3 is 1. The Hall–Kier alpha value is -3.07. The Morgan fingerprint density at radius 1 is 1.38 bits per heavy atom. The lowest BCUT2D eigenvalue weighted by Gasteiger charge is -2.15. The van der Waals surface area contributed by atoms with E-state index in [1.54, 1.807) is 18.2 Å². The maximum Gasteiger partial charge on any atom is 0.337 e. The third-order valence-corrected chi connectivity index (χ3v) is 3.80. The summed E-state index contributed by atoms with van der Waals surface area (Å²) in [5, 5.41) is 17.6. The zero-order valence-corrected chi connectivity index (χ0v) is 12.9. The highest BCUT2D eigenvalue weighted by molar-refractivity contribution is 6.08. The van der Waals surface area contributed by atoms with Crippen LogP contribution in [0, 0.1) is 0 Å². The molecule has 1 aliphatic rings. The van der Waals surface area contributed by atoms with E-state index in [4.69, 9.17) is 9.84 Å². The lowest BCUT2D eigenvalue weighted by molar-refractivity contribution is -0.136. The average molecular weight is 332 g/mol. The molecule has 3 rings (SSSR count). The van der Waals surface area contributed by atoms with Crippen LogP contribution in [0.25, 0.3) is 10.9 Å². The van der Waals surface area contributed by atoms with Gasteiger partial charge in [-0.05, 0) is 18.2 Å². The smallest absolute Gasteiger partial charge is 0.337 e. The fourth-order valence-corrected chi connectivity index (χ4v) is 2.60. The van der Waals surface area contributed by atoms with Gasteiger partial charge in [0.15, 0.2) is 0 Å². The number of esters is 1. The van der Waals surface area contributed by atoms with Crippen molar-refractivity contribution in [1.82, 2.24) is 15.1 Å². The second-order valence-electron chi connectivity index (χ2n) is 5.26. The third kappa shape index (κ3) is 2.65. The SMILES string of the molecule is COC(=O)C1=C(Nc2ccc3[nH][nH]c(=O)c3c2)C(=O)N(CCO)C1. The summed E-state index contributed by atoms with van der Waals surface area (Å²) in [5.41, 5.74) is 1.10. The maximum absolute atomic E-state index is 12.4. The molecule has 1 amide bonds. The summed E-state index contributed by atoms with van der Waals surface area (Å²) < 4.78 is 4.72. The highest BCUT2D eigenvalue weighted by Crippen LogP contribution is 2.23. The van der Waals surface area contributed by atoms with Crippen molar-refractivity contribution in [3.63, 3.8) is 0 Å². The van der Waals surface area contributed by atoms with E-state index in [0.29, 0.717) is 16.6 Å². The summed E-state index contributed by atoms with van der Waals surface area (Å²) in [7, 11) is 1.23. The highest BCUT2D eigenvalue weighted by Gasteiger charge is 2.34. The predicted octanol–water partition coefficient (Wildman–Crippen LogP) is -0.470. The van der Waals surface area contributed by atoms with Gasteiger partial charge in [0.05, 0.1) is 36.7 Å².